The van der Waals surface area contributed by atoms with Crippen LogP contribution in [0.2, 0.25) is 5.02 Å². The Labute approximate surface area is 204 Å². The Morgan fingerprint density at radius 3 is 2.39 bits per heavy atom. The fourth-order valence-electron chi connectivity index (χ4n) is 5.44. The molecule has 5 nitrogen and oxygen atoms in total. The molecule has 1 aromatic heterocycles. The average Bonchev–Trinajstić information content (AvgIpc) is 3.49. The Morgan fingerprint density at radius 1 is 0.903 bits per heavy atom. The number of nitrogens with zero attached hydrogens (tertiary/aromatic N) is 4. The predicted molar refractivity (Wildman–Crippen MR) is 136 cm³/mol. The predicted octanol–water partition coefficient (Wildman–Crippen LogP) is 4.98. The molecule has 1 aromatic carbocycles. The molecular weight excluding hydrogens is 521 g/mol. The van der Waals surface area contributed by atoms with Crippen LogP contribution in [0.1, 0.15) is 44.9 Å². The van der Waals surface area contributed by atoms with Gasteiger partial charge in [0.15, 0.2) is 5.82 Å². The maximum atomic E-state index is 6.26. The molecule has 1 saturated carbocycles. The summed E-state index contributed by atoms with van der Waals surface area (Å²) in [6.45, 7) is 4.62. The molecule has 1 aliphatic carbocycles. The van der Waals surface area contributed by atoms with E-state index in [4.69, 9.17) is 11.6 Å². The third-order valence-corrected chi connectivity index (χ3v) is 8.79. The van der Waals surface area contributed by atoms with Gasteiger partial charge in [0.2, 0.25) is 0 Å². The van der Waals surface area contributed by atoms with Crippen LogP contribution in [0.25, 0.3) is 11.3 Å². The lowest BCUT2D eigenvalue weighted by Crippen LogP contribution is -2.47. The maximum Gasteiger partial charge on any atom is 0.151 e. The molecule has 2 saturated heterocycles. The lowest BCUT2D eigenvalue weighted by Gasteiger charge is -2.34. The number of benzene rings is 1. The lowest BCUT2D eigenvalue weighted by molar-refractivity contribution is 0.236. The highest BCUT2D eigenvalue weighted by Gasteiger charge is 2.31. The summed E-state index contributed by atoms with van der Waals surface area (Å²) in [5.41, 5.74) is 1.88. The van der Waals surface area contributed by atoms with Crippen LogP contribution < -0.4 is 10.2 Å². The van der Waals surface area contributed by atoms with Crippen molar-refractivity contribution < 1.29 is 0 Å². The molecule has 0 amide bonds. The number of nitrogens with one attached hydrogen (secondary N) is 1. The van der Waals surface area contributed by atoms with Crippen LogP contribution in [0, 0.1) is 3.57 Å². The Balaban J connectivity index is 1.11. The van der Waals surface area contributed by atoms with Crippen molar-refractivity contribution >= 4 is 40.0 Å². The first-order valence-electron chi connectivity index (χ1n) is 11.7. The van der Waals surface area contributed by atoms with Crippen LogP contribution in [0.3, 0.4) is 0 Å². The number of rotatable bonds is 5. The van der Waals surface area contributed by atoms with Crippen LogP contribution in [0.4, 0.5) is 5.82 Å². The summed E-state index contributed by atoms with van der Waals surface area (Å²) in [5, 5.41) is 13.7. The van der Waals surface area contributed by atoms with E-state index in [0.717, 1.165) is 44.8 Å². The minimum Gasteiger partial charge on any atom is -0.355 e. The second-order valence-corrected chi connectivity index (χ2v) is 10.8. The maximum absolute atomic E-state index is 6.26. The lowest BCUT2D eigenvalue weighted by atomic mass is 10.0. The zero-order chi connectivity index (χ0) is 21.2. The molecule has 2 aromatic rings. The summed E-state index contributed by atoms with van der Waals surface area (Å²) >= 11 is 8.50. The van der Waals surface area contributed by atoms with Crippen molar-refractivity contribution in [2.75, 3.05) is 31.1 Å². The number of piperidine rings is 1. The second-order valence-electron chi connectivity index (χ2n) is 9.25. The van der Waals surface area contributed by atoms with Crippen molar-refractivity contribution in [3.8, 4) is 11.3 Å². The first-order valence-corrected chi connectivity index (χ1v) is 13.2. The van der Waals surface area contributed by atoms with Crippen molar-refractivity contribution in [2.45, 2.75) is 63.1 Å². The molecule has 7 heteroatoms. The largest absolute Gasteiger partial charge is 0.355 e. The summed E-state index contributed by atoms with van der Waals surface area (Å²) < 4.78 is 1.05. The number of likely N-dealkylation sites (tertiary alicyclic amines) is 1. The minimum atomic E-state index is 0.631. The van der Waals surface area contributed by atoms with Gasteiger partial charge in [-0.1, -0.05) is 30.5 Å². The summed E-state index contributed by atoms with van der Waals surface area (Å²) in [6.07, 6.45) is 9.36. The Kier molecular flexibility index (Phi) is 6.98. The van der Waals surface area contributed by atoms with Gasteiger partial charge in [0.1, 0.15) is 0 Å². The van der Waals surface area contributed by atoms with E-state index in [0.29, 0.717) is 12.1 Å². The van der Waals surface area contributed by atoms with E-state index in [1.807, 2.05) is 18.2 Å². The van der Waals surface area contributed by atoms with Crippen LogP contribution >= 0.6 is 34.2 Å². The van der Waals surface area contributed by atoms with Gasteiger partial charge in [-0.15, -0.1) is 10.2 Å². The standard InChI is InChI=1S/C24H31ClIN5/c25-21-15-17(5-6-22(21)26)23-7-8-24(29-28-23)30-12-9-18(10-13-30)27-19-11-14-31(16-19)20-3-1-2-4-20/h5-8,15,18-20,27H,1-4,9-14,16H2/t19-/m1/s1. The van der Waals surface area contributed by atoms with E-state index >= 15 is 0 Å². The molecule has 3 heterocycles. The number of anilines is 1. The first-order chi connectivity index (χ1) is 15.2. The van der Waals surface area contributed by atoms with Gasteiger partial charge in [0.05, 0.1) is 10.7 Å². The minimum absolute atomic E-state index is 0.631. The molecule has 1 N–H and O–H groups in total. The fraction of sp³-hybridized carbons (Fsp3) is 0.583. The highest BCUT2D eigenvalue weighted by atomic mass is 127. The van der Waals surface area contributed by atoms with Crippen molar-refractivity contribution in [3.05, 3.63) is 38.9 Å². The number of hydrogen-bond donors (Lipinski definition) is 1. The van der Waals surface area contributed by atoms with E-state index < -0.39 is 0 Å². The summed E-state index contributed by atoms with van der Waals surface area (Å²) in [5.74, 6) is 0.979. The van der Waals surface area contributed by atoms with Gasteiger partial charge >= 0.3 is 0 Å². The van der Waals surface area contributed by atoms with Crippen LogP contribution in [0.5, 0.6) is 0 Å². The zero-order valence-corrected chi connectivity index (χ0v) is 20.9. The van der Waals surface area contributed by atoms with E-state index in [-0.39, 0.29) is 0 Å². The van der Waals surface area contributed by atoms with Gasteiger partial charge in [-0.25, -0.2) is 0 Å². The molecule has 0 unspecified atom stereocenters. The molecule has 0 bridgehead atoms. The number of halogens is 2. The third-order valence-electron chi connectivity index (χ3n) is 7.22. The number of aromatic nitrogens is 2. The highest BCUT2D eigenvalue weighted by molar-refractivity contribution is 14.1. The van der Waals surface area contributed by atoms with Crippen LogP contribution in [-0.2, 0) is 0 Å². The molecule has 3 fully saturated rings. The first kappa shape index (κ1) is 21.9. The van der Waals surface area contributed by atoms with Crippen molar-refractivity contribution in [1.29, 1.82) is 0 Å². The van der Waals surface area contributed by atoms with E-state index in [1.54, 1.807) is 0 Å². The third kappa shape index (κ3) is 5.18. The topological polar surface area (TPSA) is 44.3 Å². The Hall–Kier alpha value is -0.960. The molecule has 0 radical (unpaired) electrons. The second kappa shape index (κ2) is 9.89. The molecule has 0 spiro atoms. The molecule has 1 atom stereocenters. The van der Waals surface area contributed by atoms with Gasteiger partial charge in [-0.2, -0.15) is 0 Å². The quantitative estimate of drug-likeness (QED) is 0.531. The smallest absolute Gasteiger partial charge is 0.151 e. The van der Waals surface area contributed by atoms with Gasteiger partial charge in [0, 0.05) is 53.4 Å². The van der Waals surface area contributed by atoms with Crippen molar-refractivity contribution in [2.24, 2.45) is 0 Å². The van der Waals surface area contributed by atoms with E-state index in [9.17, 15) is 0 Å². The molecule has 2 aliphatic heterocycles. The Bertz CT molecular complexity index is 878. The fourth-order valence-corrected chi connectivity index (χ4v) is 5.95. The molecular formula is C24H31ClIN5. The van der Waals surface area contributed by atoms with Gasteiger partial charge in [-0.05, 0) is 79.0 Å². The number of hydrogen-bond acceptors (Lipinski definition) is 5. The molecule has 31 heavy (non-hydrogen) atoms. The molecule has 166 valence electrons. The molecule has 3 aliphatic rings. The molecule has 5 rings (SSSR count). The van der Waals surface area contributed by atoms with E-state index in [1.165, 1.54) is 58.0 Å². The highest BCUT2D eigenvalue weighted by Crippen LogP contribution is 2.28. The van der Waals surface area contributed by atoms with Crippen molar-refractivity contribution in [1.82, 2.24) is 20.4 Å². The van der Waals surface area contributed by atoms with Crippen molar-refractivity contribution in [3.63, 3.8) is 0 Å². The monoisotopic (exact) mass is 551 g/mol. The normalized spacial score (nSPS) is 23.7. The van der Waals surface area contributed by atoms with Crippen LogP contribution in [-0.4, -0.2) is 59.4 Å². The Morgan fingerprint density at radius 2 is 1.68 bits per heavy atom. The SMILES string of the molecule is Clc1cc(-c2ccc(N3CCC(N[C@@H]4CCN(C5CCCC5)C4)CC3)nn2)ccc1I. The van der Waals surface area contributed by atoms with Gasteiger partial charge in [-0.3, -0.25) is 4.90 Å². The summed E-state index contributed by atoms with van der Waals surface area (Å²) in [4.78, 5) is 5.12. The summed E-state index contributed by atoms with van der Waals surface area (Å²) in [6, 6.07) is 12.4. The van der Waals surface area contributed by atoms with Gasteiger partial charge in [0.25, 0.3) is 0 Å². The summed E-state index contributed by atoms with van der Waals surface area (Å²) in [7, 11) is 0. The van der Waals surface area contributed by atoms with Crippen LogP contribution in [0.15, 0.2) is 30.3 Å². The zero-order valence-electron chi connectivity index (χ0n) is 17.9. The van der Waals surface area contributed by atoms with Gasteiger partial charge < -0.3 is 10.2 Å². The average molecular weight is 552 g/mol. The van der Waals surface area contributed by atoms with E-state index in [2.05, 4.69) is 60.0 Å².